The van der Waals surface area contributed by atoms with Crippen LogP contribution in [0.25, 0.3) is 28.1 Å². The van der Waals surface area contributed by atoms with Crippen LogP contribution >= 0.6 is 0 Å². The van der Waals surface area contributed by atoms with Gasteiger partial charge in [-0.15, -0.1) is 5.10 Å². The number of aromatic amines is 1. The number of hydrogen-bond donors (Lipinski definition) is 4. The second-order valence-corrected chi connectivity index (χ2v) is 9.84. The van der Waals surface area contributed by atoms with E-state index in [1.165, 1.54) is 0 Å². The van der Waals surface area contributed by atoms with Crippen LogP contribution in [0.2, 0.25) is 0 Å². The maximum Gasteiger partial charge on any atom is 0.290 e. The lowest BCUT2D eigenvalue weighted by atomic mass is 10.0. The SMILES string of the molecule is COC1CN(Cc2ccc(Nc3ccc4ncn(-c5ccc(CCO)c(-c6c(C#N)n[nH]c6C)n5)c4c3)nn2)C1.O=CO. The maximum atomic E-state index is 9.62. The zero-order chi connectivity index (χ0) is 30.3. The topological polar surface area (TPSA) is 191 Å². The summed E-state index contributed by atoms with van der Waals surface area (Å²) in [5, 5.41) is 45.1. The van der Waals surface area contributed by atoms with Crippen molar-refractivity contribution in [3.8, 4) is 23.1 Å². The third-order valence-corrected chi connectivity index (χ3v) is 7.06. The van der Waals surface area contributed by atoms with Crippen molar-refractivity contribution in [2.24, 2.45) is 0 Å². The van der Waals surface area contributed by atoms with Crippen LogP contribution < -0.4 is 5.32 Å². The van der Waals surface area contributed by atoms with E-state index < -0.39 is 0 Å². The van der Waals surface area contributed by atoms with E-state index in [-0.39, 0.29) is 18.8 Å². The second kappa shape index (κ2) is 13.2. The van der Waals surface area contributed by atoms with Gasteiger partial charge in [0.15, 0.2) is 11.5 Å². The Labute approximate surface area is 246 Å². The molecule has 6 rings (SSSR count). The van der Waals surface area contributed by atoms with Gasteiger partial charge in [0, 0.05) is 44.7 Å². The molecule has 220 valence electrons. The van der Waals surface area contributed by atoms with Crippen molar-refractivity contribution in [1.29, 1.82) is 5.26 Å². The summed E-state index contributed by atoms with van der Waals surface area (Å²) < 4.78 is 7.22. The fraction of sp³-hybridized carbons (Fsp3) is 0.276. The molecule has 0 amide bonds. The Hall–Kier alpha value is -5.23. The van der Waals surface area contributed by atoms with Crippen LogP contribution in [0.5, 0.6) is 0 Å². The van der Waals surface area contributed by atoms with Crippen molar-refractivity contribution in [3.05, 3.63) is 71.4 Å². The molecule has 4 N–H and O–H groups in total. The fourth-order valence-corrected chi connectivity index (χ4v) is 4.91. The molecule has 1 aliphatic rings. The first-order chi connectivity index (χ1) is 21.0. The number of likely N-dealkylation sites (tertiary alicyclic amines) is 1. The number of hydrogen-bond acceptors (Lipinski definition) is 11. The number of nitrogens with zero attached hydrogens (tertiary/aromatic N) is 8. The Morgan fingerprint density at radius 3 is 2.72 bits per heavy atom. The van der Waals surface area contributed by atoms with Gasteiger partial charge in [-0.2, -0.15) is 15.5 Å². The normalized spacial score (nSPS) is 13.2. The van der Waals surface area contributed by atoms with E-state index in [0.29, 0.717) is 35.4 Å². The smallest absolute Gasteiger partial charge is 0.290 e. The molecule has 0 saturated carbocycles. The first-order valence-electron chi connectivity index (χ1n) is 13.4. The number of imidazole rings is 1. The Kier molecular flexibility index (Phi) is 8.96. The predicted octanol–water partition coefficient (Wildman–Crippen LogP) is 2.59. The molecule has 0 radical (unpaired) electrons. The number of ether oxygens (including phenoxy) is 1. The standard InChI is InChI=1S/C28H28N10O2.CH2O2/c1-17-27(23(12-29)35-33-17)28-18(9-10-39)3-8-26(32-28)38-16-30-22-6-4-19(11-24(22)38)31-25-7-5-20(34-36-25)13-37-14-21(15-37)40-2;2-1-3/h3-8,11,16,21,39H,9-10,13-15H2,1-2H3,(H,31,36)(H,33,35);1H,(H,2,3). The number of nitrogens with one attached hydrogen (secondary N) is 2. The van der Waals surface area contributed by atoms with Crippen LogP contribution in [0.4, 0.5) is 11.5 Å². The van der Waals surface area contributed by atoms with Crippen molar-refractivity contribution in [3.63, 3.8) is 0 Å². The lowest BCUT2D eigenvalue weighted by Crippen LogP contribution is -2.51. The molecule has 1 aromatic carbocycles. The summed E-state index contributed by atoms with van der Waals surface area (Å²) in [7, 11) is 1.74. The Morgan fingerprint density at radius 1 is 1.21 bits per heavy atom. The van der Waals surface area contributed by atoms with E-state index in [9.17, 15) is 10.4 Å². The molecule has 0 aliphatic carbocycles. The van der Waals surface area contributed by atoms with Gasteiger partial charge in [-0.3, -0.25) is 19.4 Å². The second-order valence-electron chi connectivity index (χ2n) is 9.84. The molecule has 1 aliphatic heterocycles. The van der Waals surface area contributed by atoms with E-state index >= 15 is 0 Å². The molecule has 1 saturated heterocycles. The van der Waals surface area contributed by atoms with Crippen LogP contribution in [-0.4, -0.2) is 89.4 Å². The molecular weight excluding hydrogens is 552 g/mol. The summed E-state index contributed by atoms with van der Waals surface area (Å²) in [6.07, 6.45) is 2.43. The predicted molar refractivity (Wildman–Crippen MR) is 157 cm³/mol. The van der Waals surface area contributed by atoms with Gasteiger partial charge >= 0.3 is 0 Å². The minimum Gasteiger partial charge on any atom is -0.483 e. The zero-order valence-electron chi connectivity index (χ0n) is 23.6. The summed E-state index contributed by atoms with van der Waals surface area (Å²) in [5.74, 6) is 1.27. The van der Waals surface area contributed by atoms with Crippen LogP contribution in [0.3, 0.4) is 0 Å². The molecule has 0 atom stereocenters. The Morgan fingerprint density at radius 2 is 2.02 bits per heavy atom. The number of aliphatic hydroxyl groups excluding tert-OH is 1. The first-order valence-corrected chi connectivity index (χ1v) is 13.4. The van der Waals surface area contributed by atoms with E-state index in [0.717, 1.165) is 53.3 Å². The van der Waals surface area contributed by atoms with Crippen molar-refractivity contribution in [2.75, 3.05) is 32.1 Å². The van der Waals surface area contributed by atoms with Gasteiger partial charge in [0.05, 0.1) is 34.1 Å². The number of rotatable bonds is 9. The highest BCUT2D eigenvalue weighted by atomic mass is 16.5. The highest BCUT2D eigenvalue weighted by Crippen LogP contribution is 2.30. The van der Waals surface area contributed by atoms with Crippen LogP contribution in [0, 0.1) is 18.3 Å². The van der Waals surface area contributed by atoms with Gasteiger partial charge in [-0.05, 0) is 55.3 Å². The zero-order valence-corrected chi connectivity index (χ0v) is 23.6. The van der Waals surface area contributed by atoms with Gasteiger partial charge in [-0.25, -0.2) is 9.97 Å². The fourth-order valence-electron chi connectivity index (χ4n) is 4.91. The molecule has 14 heteroatoms. The van der Waals surface area contributed by atoms with Crippen molar-refractivity contribution >= 4 is 29.0 Å². The molecule has 0 spiro atoms. The van der Waals surface area contributed by atoms with Gasteiger partial charge < -0.3 is 20.3 Å². The first kappa shape index (κ1) is 29.3. The number of nitriles is 1. The average molecular weight is 583 g/mol. The summed E-state index contributed by atoms with van der Waals surface area (Å²) in [4.78, 5) is 20.1. The summed E-state index contributed by atoms with van der Waals surface area (Å²) >= 11 is 0. The summed E-state index contributed by atoms with van der Waals surface area (Å²) in [5.41, 5.74) is 6.45. The lowest BCUT2D eigenvalue weighted by Gasteiger charge is -2.37. The number of anilines is 2. The highest BCUT2D eigenvalue weighted by Gasteiger charge is 2.26. The number of carboxylic acid groups (broad SMARTS) is 1. The van der Waals surface area contributed by atoms with Crippen molar-refractivity contribution in [2.45, 2.75) is 26.0 Å². The maximum absolute atomic E-state index is 9.62. The molecule has 43 heavy (non-hydrogen) atoms. The Balaban J connectivity index is 0.00000118. The summed E-state index contributed by atoms with van der Waals surface area (Å²) in [6.45, 7) is 4.13. The number of aryl methyl sites for hydroxylation is 1. The number of aliphatic hydroxyl groups is 1. The lowest BCUT2D eigenvalue weighted by molar-refractivity contribution is -0.122. The van der Waals surface area contributed by atoms with E-state index in [2.05, 4.69) is 41.7 Å². The number of pyridine rings is 1. The highest BCUT2D eigenvalue weighted by molar-refractivity contribution is 5.82. The van der Waals surface area contributed by atoms with Gasteiger partial charge in [0.2, 0.25) is 0 Å². The number of benzene rings is 1. The molecule has 0 unspecified atom stereocenters. The van der Waals surface area contributed by atoms with E-state index in [4.69, 9.17) is 19.6 Å². The van der Waals surface area contributed by atoms with Crippen LogP contribution in [0.1, 0.15) is 22.6 Å². The van der Waals surface area contributed by atoms with Gasteiger partial charge in [0.25, 0.3) is 6.47 Å². The number of carbonyl (C=O) groups is 1. The van der Waals surface area contributed by atoms with Gasteiger partial charge in [-0.1, -0.05) is 6.07 Å². The van der Waals surface area contributed by atoms with E-state index in [1.54, 1.807) is 13.4 Å². The molecule has 14 nitrogen and oxygen atoms in total. The number of H-pyrrole nitrogens is 1. The number of methoxy groups -OCH3 is 1. The molecule has 1 fully saturated rings. The molecular formula is C29H30N10O4. The van der Waals surface area contributed by atoms with Crippen molar-refractivity contribution in [1.82, 2.24) is 39.8 Å². The minimum atomic E-state index is -0.250. The summed E-state index contributed by atoms with van der Waals surface area (Å²) in [6, 6.07) is 15.7. The average Bonchev–Trinajstić information content (AvgIpc) is 3.59. The third kappa shape index (κ3) is 6.33. The molecule has 5 aromatic rings. The number of fused-ring (bicyclic) bond motifs is 1. The van der Waals surface area contributed by atoms with Crippen molar-refractivity contribution < 1.29 is 19.7 Å². The largest absolute Gasteiger partial charge is 0.483 e. The quantitative estimate of drug-likeness (QED) is 0.186. The monoisotopic (exact) mass is 582 g/mol. The van der Waals surface area contributed by atoms with Crippen LogP contribution in [0.15, 0.2) is 48.8 Å². The molecule has 0 bridgehead atoms. The van der Waals surface area contributed by atoms with Gasteiger partial charge in [0.1, 0.15) is 18.2 Å². The van der Waals surface area contributed by atoms with E-state index in [1.807, 2.05) is 54.0 Å². The minimum absolute atomic E-state index is 0.0355. The van der Waals surface area contributed by atoms with Crippen LogP contribution in [-0.2, 0) is 22.5 Å². The third-order valence-electron chi connectivity index (χ3n) is 7.06. The number of aromatic nitrogens is 7. The Bertz CT molecular complexity index is 1750. The molecule has 4 aromatic heterocycles. The molecule has 5 heterocycles.